The number of hydrogen-bond donors (Lipinski definition) is 1. The zero-order chi connectivity index (χ0) is 16.7. The molecule has 0 saturated carbocycles. The molecule has 0 aliphatic carbocycles. The van der Waals surface area contributed by atoms with Crippen LogP contribution in [0.4, 0.5) is 0 Å². The Labute approximate surface area is 136 Å². The lowest BCUT2D eigenvalue weighted by atomic mass is 10.1. The highest BCUT2D eigenvalue weighted by Gasteiger charge is 2.08. The fraction of sp³-hybridized carbons (Fsp3) is 0.278. The van der Waals surface area contributed by atoms with Crippen molar-refractivity contribution in [3.63, 3.8) is 0 Å². The SMILES string of the molecule is CCOc1cccc(C(=O)NCc2ccc(OC)c(OC)c2)c1. The van der Waals surface area contributed by atoms with E-state index in [2.05, 4.69) is 5.32 Å². The molecule has 0 heterocycles. The highest BCUT2D eigenvalue weighted by atomic mass is 16.5. The van der Waals surface area contributed by atoms with Gasteiger partial charge in [-0.15, -0.1) is 0 Å². The summed E-state index contributed by atoms with van der Waals surface area (Å²) < 4.78 is 15.9. The van der Waals surface area contributed by atoms with E-state index in [1.807, 2.05) is 31.2 Å². The van der Waals surface area contributed by atoms with Gasteiger partial charge in [0.15, 0.2) is 11.5 Å². The number of nitrogens with one attached hydrogen (secondary N) is 1. The fourth-order valence-corrected chi connectivity index (χ4v) is 2.17. The standard InChI is InChI=1S/C18H21NO4/c1-4-23-15-7-5-6-14(11-15)18(20)19-12-13-8-9-16(21-2)17(10-13)22-3/h5-11H,4,12H2,1-3H3,(H,19,20). The summed E-state index contributed by atoms with van der Waals surface area (Å²) in [6.07, 6.45) is 0. The molecule has 0 aliphatic rings. The molecule has 2 rings (SSSR count). The first kappa shape index (κ1) is 16.7. The monoisotopic (exact) mass is 315 g/mol. The number of amides is 1. The van der Waals surface area contributed by atoms with E-state index in [0.29, 0.717) is 36.0 Å². The van der Waals surface area contributed by atoms with Crippen LogP contribution in [0.25, 0.3) is 0 Å². The van der Waals surface area contributed by atoms with Crippen LogP contribution in [0.5, 0.6) is 17.2 Å². The van der Waals surface area contributed by atoms with Crippen molar-refractivity contribution < 1.29 is 19.0 Å². The van der Waals surface area contributed by atoms with Gasteiger partial charge in [0.2, 0.25) is 0 Å². The van der Waals surface area contributed by atoms with Crippen LogP contribution in [-0.4, -0.2) is 26.7 Å². The van der Waals surface area contributed by atoms with E-state index >= 15 is 0 Å². The predicted octanol–water partition coefficient (Wildman–Crippen LogP) is 3.03. The molecule has 0 saturated heterocycles. The number of carbonyl (C=O) groups excluding carboxylic acids is 1. The van der Waals surface area contributed by atoms with Gasteiger partial charge in [0.25, 0.3) is 5.91 Å². The van der Waals surface area contributed by atoms with E-state index < -0.39 is 0 Å². The summed E-state index contributed by atoms with van der Waals surface area (Å²) >= 11 is 0. The molecule has 0 fully saturated rings. The summed E-state index contributed by atoms with van der Waals surface area (Å²) in [6, 6.07) is 12.7. The van der Waals surface area contributed by atoms with Gasteiger partial charge in [-0.1, -0.05) is 12.1 Å². The normalized spacial score (nSPS) is 10.0. The Kier molecular flexibility index (Phi) is 5.86. The molecule has 5 heteroatoms. The van der Waals surface area contributed by atoms with Crippen LogP contribution in [0.3, 0.4) is 0 Å². The molecule has 2 aromatic rings. The van der Waals surface area contributed by atoms with Gasteiger partial charge in [0, 0.05) is 12.1 Å². The van der Waals surface area contributed by atoms with Crippen LogP contribution in [0.15, 0.2) is 42.5 Å². The van der Waals surface area contributed by atoms with E-state index in [-0.39, 0.29) is 5.91 Å². The number of benzene rings is 2. The number of carbonyl (C=O) groups is 1. The molecule has 122 valence electrons. The molecule has 0 spiro atoms. The van der Waals surface area contributed by atoms with Crippen LogP contribution < -0.4 is 19.5 Å². The average molecular weight is 315 g/mol. The molecule has 0 unspecified atom stereocenters. The molecule has 0 aliphatic heterocycles. The Balaban J connectivity index is 2.03. The second-order valence-corrected chi connectivity index (χ2v) is 4.83. The molecule has 0 radical (unpaired) electrons. The van der Waals surface area contributed by atoms with Crippen molar-refractivity contribution in [3.05, 3.63) is 53.6 Å². The van der Waals surface area contributed by atoms with Gasteiger partial charge >= 0.3 is 0 Å². The molecular weight excluding hydrogens is 294 g/mol. The summed E-state index contributed by atoms with van der Waals surface area (Å²) in [6.45, 7) is 2.87. The second-order valence-electron chi connectivity index (χ2n) is 4.83. The zero-order valence-electron chi connectivity index (χ0n) is 13.6. The molecule has 0 atom stereocenters. The minimum Gasteiger partial charge on any atom is -0.494 e. The van der Waals surface area contributed by atoms with Gasteiger partial charge in [-0.25, -0.2) is 0 Å². The Morgan fingerprint density at radius 1 is 1.04 bits per heavy atom. The molecule has 0 aromatic heterocycles. The lowest BCUT2D eigenvalue weighted by Gasteiger charge is -2.11. The van der Waals surface area contributed by atoms with Crippen LogP contribution in [-0.2, 0) is 6.54 Å². The topological polar surface area (TPSA) is 56.8 Å². The van der Waals surface area contributed by atoms with Crippen molar-refractivity contribution >= 4 is 5.91 Å². The van der Waals surface area contributed by atoms with Crippen molar-refractivity contribution in [3.8, 4) is 17.2 Å². The van der Waals surface area contributed by atoms with E-state index in [4.69, 9.17) is 14.2 Å². The van der Waals surface area contributed by atoms with Crippen LogP contribution in [0, 0.1) is 0 Å². The highest BCUT2D eigenvalue weighted by molar-refractivity contribution is 5.94. The predicted molar refractivity (Wildman–Crippen MR) is 88.3 cm³/mol. The Morgan fingerprint density at radius 3 is 2.52 bits per heavy atom. The smallest absolute Gasteiger partial charge is 0.251 e. The molecule has 2 aromatic carbocycles. The molecule has 0 bridgehead atoms. The van der Waals surface area contributed by atoms with Crippen molar-refractivity contribution in [1.29, 1.82) is 0 Å². The van der Waals surface area contributed by atoms with Crippen molar-refractivity contribution in [2.45, 2.75) is 13.5 Å². The van der Waals surface area contributed by atoms with E-state index in [9.17, 15) is 4.79 Å². The Hall–Kier alpha value is -2.69. The quantitative estimate of drug-likeness (QED) is 0.853. The van der Waals surface area contributed by atoms with E-state index in [0.717, 1.165) is 5.56 Å². The van der Waals surface area contributed by atoms with Crippen molar-refractivity contribution in [2.75, 3.05) is 20.8 Å². The Bertz CT molecular complexity index is 670. The summed E-state index contributed by atoms with van der Waals surface area (Å²) in [5.41, 5.74) is 1.49. The maximum atomic E-state index is 12.2. The first-order valence-corrected chi connectivity index (χ1v) is 7.40. The van der Waals surface area contributed by atoms with Gasteiger partial charge in [-0.3, -0.25) is 4.79 Å². The zero-order valence-corrected chi connectivity index (χ0v) is 13.6. The van der Waals surface area contributed by atoms with E-state index in [1.54, 1.807) is 32.4 Å². The molecular formula is C18H21NO4. The molecule has 1 N–H and O–H groups in total. The molecule has 23 heavy (non-hydrogen) atoms. The van der Waals surface area contributed by atoms with Gasteiger partial charge in [-0.05, 0) is 42.8 Å². The lowest BCUT2D eigenvalue weighted by molar-refractivity contribution is 0.0950. The Morgan fingerprint density at radius 2 is 1.83 bits per heavy atom. The largest absolute Gasteiger partial charge is 0.494 e. The number of ether oxygens (including phenoxy) is 3. The summed E-state index contributed by atoms with van der Waals surface area (Å²) in [5.74, 6) is 1.83. The minimum atomic E-state index is -0.152. The van der Waals surface area contributed by atoms with Crippen molar-refractivity contribution in [1.82, 2.24) is 5.32 Å². The second kappa shape index (κ2) is 8.08. The minimum absolute atomic E-state index is 0.152. The summed E-state index contributed by atoms with van der Waals surface area (Å²) in [4.78, 5) is 12.2. The van der Waals surface area contributed by atoms with E-state index in [1.165, 1.54) is 0 Å². The third kappa shape index (κ3) is 4.39. The summed E-state index contributed by atoms with van der Waals surface area (Å²) in [5, 5.41) is 2.88. The van der Waals surface area contributed by atoms with Crippen LogP contribution in [0.2, 0.25) is 0 Å². The number of hydrogen-bond acceptors (Lipinski definition) is 4. The third-order valence-corrected chi connectivity index (χ3v) is 3.31. The lowest BCUT2D eigenvalue weighted by Crippen LogP contribution is -2.22. The molecule has 1 amide bonds. The number of methoxy groups -OCH3 is 2. The first-order valence-electron chi connectivity index (χ1n) is 7.40. The van der Waals surface area contributed by atoms with Gasteiger partial charge in [-0.2, -0.15) is 0 Å². The van der Waals surface area contributed by atoms with Gasteiger partial charge in [0.05, 0.1) is 20.8 Å². The maximum Gasteiger partial charge on any atom is 0.251 e. The van der Waals surface area contributed by atoms with Gasteiger partial charge < -0.3 is 19.5 Å². The van der Waals surface area contributed by atoms with Gasteiger partial charge in [0.1, 0.15) is 5.75 Å². The maximum absolute atomic E-state index is 12.2. The van der Waals surface area contributed by atoms with Crippen LogP contribution >= 0.6 is 0 Å². The number of rotatable bonds is 7. The molecule has 5 nitrogen and oxygen atoms in total. The average Bonchev–Trinajstić information content (AvgIpc) is 2.59. The first-order chi connectivity index (χ1) is 11.2. The van der Waals surface area contributed by atoms with Crippen LogP contribution in [0.1, 0.15) is 22.8 Å². The fourth-order valence-electron chi connectivity index (χ4n) is 2.17. The summed E-state index contributed by atoms with van der Waals surface area (Å²) in [7, 11) is 3.17. The third-order valence-electron chi connectivity index (χ3n) is 3.31. The highest BCUT2D eigenvalue weighted by Crippen LogP contribution is 2.27. The van der Waals surface area contributed by atoms with Crippen molar-refractivity contribution in [2.24, 2.45) is 0 Å².